The van der Waals surface area contributed by atoms with Gasteiger partial charge in [0.1, 0.15) is 5.56 Å². The molecule has 0 fully saturated rings. The van der Waals surface area contributed by atoms with Crippen LogP contribution in [0.2, 0.25) is 0 Å². The minimum atomic E-state index is -4.57. The molecule has 146 valence electrons. The monoisotopic (exact) mass is 388 g/mol. The van der Waals surface area contributed by atoms with Crippen molar-refractivity contribution in [3.8, 4) is 0 Å². The van der Waals surface area contributed by atoms with E-state index in [2.05, 4.69) is 5.32 Å². The molecule has 0 saturated heterocycles. The van der Waals surface area contributed by atoms with Crippen LogP contribution in [0.4, 0.5) is 18.9 Å². The smallest absolute Gasteiger partial charge is 0.347 e. The summed E-state index contributed by atoms with van der Waals surface area (Å²) >= 11 is 0. The molecule has 0 aliphatic rings. The Morgan fingerprint density at radius 3 is 2.29 bits per heavy atom. The first-order valence-electron chi connectivity index (χ1n) is 8.74. The third-order valence-electron chi connectivity index (χ3n) is 4.47. The number of pyridine rings is 1. The number of nitrogens with zero attached hydrogens (tertiary/aromatic N) is 1. The summed E-state index contributed by atoms with van der Waals surface area (Å²) in [5, 5.41) is 2.53. The van der Waals surface area contributed by atoms with E-state index in [0.717, 1.165) is 23.3 Å². The quantitative estimate of drug-likeness (QED) is 0.693. The first-order chi connectivity index (χ1) is 13.1. The molecule has 1 N–H and O–H groups in total. The number of halogens is 3. The molecule has 1 aromatic heterocycles. The van der Waals surface area contributed by atoms with Crippen molar-refractivity contribution in [1.82, 2.24) is 4.57 Å². The van der Waals surface area contributed by atoms with Crippen LogP contribution in [-0.2, 0) is 12.7 Å². The Hall–Kier alpha value is -3.09. The van der Waals surface area contributed by atoms with Gasteiger partial charge in [-0.05, 0) is 62.2 Å². The van der Waals surface area contributed by atoms with E-state index in [-0.39, 0.29) is 10.9 Å². The molecule has 1 heterocycles. The number of hydrogen-bond donors (Lipinski definition) is 1. The van der Waals surface area contributed by atoms with Crippen molar-refractivity contribution in [2.75, 3.05) is 5.32 Å². The molecule has 0 saturated carbocycles. The van der Waals surface area contributed by atoms with E-state index in [9.17, 15) is 22.8 Å². The summed E-state index contributed by atoms with van der Waals surface area (Å²) in [6.07, 6.45) is -3.19. The van der Waals surface area contributed by atoms with Gasteiger partial charge in [-0.25, -0.2) is 0 Å². The minimum Gasteiger partial charge on any atom is -0.347 e. The lowest BCUT2D eigenvalue weighted by Crippen LogP contribution is -2.24. The summed E-state index contributed by atoms with van der Waals surface area (Å²) in [7, 11) is 0. The van der Waals surface area contributed by atoms with Crippen molar-refractivity contribution in [3.63, 3.8) is 0 Å². The fourth-order valence-corrected chi connectivity index (χ4v) is 3.24. The van der Waals surface area contributed by atoms with Crippen molar-refractivity contribution in [2.45, 2.75) is 33.5 Å². The Labute approximate surface area is 159 Å². The lowest BCUT2D eigenvalue weighted by molar-refractivity contribution is -0.137. The van der Waals surface area contributed by atoms with Crippen LogP contribution < -0.4 is 10.7 Å². The van der Waals surface area contributed by atoms with Crippen LogP contribution in [-0.4, -0.2) is 10.5 Å². The third kappa shape index (κ3) is 3.78. The molecule has 0 atom stereocenters. The fourth-order valence-electron chi connectivity index (χ4n) is 3.24. The topological polar surface area (TPSA) is 51.1 Å². The molecular weight excluding hydrogens is 369 g/mol. The number of alkyl halides is 3. The number of anilines is 1. The first-order valence-corrected chi connectivity index (χ1v) is 8.74. The molecule has 4 nitrogen and oxygen atoms in total. The van der Waals surface area contributed by atoms with Gasteiger partial charge >= 0.3 is 6.18 Å². The van der Waals surface area contributed by atoms with Crippen LogP contribution in [0, 0.1) is 13.8 Å². The summed E-state index contributed by atoms with van der Waals surface area (Å²) in [4.78, 5) is 25.5. The van der Waals surface area contributed by atoms with Crippen LogP contribution in [0.15, 0.2) is 47.4 Å². The normalized spacial score (nSPS) is 11.6. The zero-order chi connectivity index (χ0) is 20.6. The van der Waals surface area contributed by atoms with E-state index in [1.807, 2.05) is 19.9 Å². The summed E-state index contributed by atoms with van der Waals surface area (Å²) in [5.41, 5.74) is 0.897. The van der Waals surface area contributed by atoms with E-state index in [4.69, 9.17) is 0 Å². The van der Waals surface area contributed by atoms with Crippen molar-refractivity contribution in [3.05, 3.63) is 75.1 Å². The molecule has 3 rings (SSSR count). The fraction of sp³-hybridized carbons (Fsp3) is 0.238. The number of hydrogen-bond acceptors (Lipinski definition) is 2. The average molecular weight is 388 g/mol. The molecule has 7 heteroatoms. The lowest BCUT2D eigenvalue weighted by atomic mass is 10.1. The molecule has 0 unspecified atom stereocenters. The predicted molar refractivity (Wildman–Crippen MR) is 103 cm³/mol. The molecule has 2 aromatic carbocycles. The van der Waals surface area contributed by atoms with Crippen LogP contribution in [0.25, 0.3) is 10.9 Å². The van der Waals surface area contributed by atoms with E-state index < -0.39 is 23.1 Å². The summed E-state index contributed by atoms with van der Waals surface area (Å²) < 4.78 is 40.8. The number of nitrogens with one attached hydrogen (secondary N) is 1. The molecular formula is C21H19F3N2O2. The molecule has 3 aromatic rings. The molecule has 1 amide bonds. The van der Waals surface area contributed by atoms with Gasteiger partial charge in [0.15, 0.2) is 0 Å². The number of carbonyl (C=O) groups excluding carboxylic acids is 1. The molecule has 28 heavy (non-hydrogen) atoms. The van der Waals surface area contributed by atoms with Crippen molar-refractivity contribution in [2.24, 2.45) is 0 Å². The number of carbonyl (C=O) groups is 1. The standard InChI is InChI=1S/C21H19F3N2O2/c1-4-26-11-17(20(28)25-15-8-12(2)7-13(3)9-15)19(27)16-10-14(21(22,23)24)5-6-18(16)26/h5-11H,4H2,1-3H3,(H,25,28). The Balaban J connectivity index is 2.13. The van der Waals surface area contributed by atoms with Crippen LogP contribution in [0.3, 0.4) is 0 Å². The maximum Gasteiger partial charge on any atom is 0.416 e. The second-order valence-corrected chi connectivity index (χ2v) is 6.72. The zero-order valence-corrected chi connectivity index (χ0v) is 15.6. The van der Waals surface area contributed by atoms with Gasteiger partial charge in [-0.2, -0.15) is 13.2 Å². The number of fused-ring (bicyclic) bond motifs is 1. The van der Waals surface area contributed by atoms with Gasteiger partial charge in [-0.1, -0.05) is 6.07 Å². The van der Waals surface area contributed by atoms with Gasteiger partial charge in [0.2, 0.25) is 5.43 Å². The zero-order valence-electron chi connectivity index (χ0n) is 15.6. The predicted octanol–water partition coefficient (Wildman–Crippen LogP) is 4.91. The molecule has 0 radical (unpaired) electrons. The van der Waals surface area contributed by atoms with Gasteiger partial charge in [-0.3, -0.25) is 9.59 Å². The van der Waals surface area contributed by atoms with E-state index >= 15 is 0 Å². The maximum atomic E-state index is 13.1. The molecule has 0 spiro atoms. The minimum absolute atomic E-state index is 0.134. The van der Waals surface area contributed by atoms with Gasteiger partial charge in [0.25, 0.3) is 5.91 Å². The average Bonchev–Trinajstić information content (AvgIpc) is 2.60. The molecule has 0 aliphatic heterocycles. The molecule has 0 bridgehead atoms. The summed E-state index contributed by atoms with van der Waals surface area (Å²) in [6.45, 7) is 5.93. The number of benzene rings is 2. The highest BCUT2D eigenvalue weighted by molar-refractivity contribution is 6.05. The van der Waals surface area contributed by atoms with Crippen molar-refractivity contribution >= 4 is 22.5 Å². The number of aryl methyl sites for hydroxylation is 3. The first kappa shape index (κ1) is 19.7. The number of rotatable bonds is 3. The Morgan fingerprint density at radius 1 is 1.07 bits per heavy atom. The van der Waals surface area contributed by atoms with Crippen LogP contribution in [0.1, 0.15) is 34.0 Å². The second kappa shape index (κ2) is 7.14. The van der Waals surface area contributed by atoms with Crippen molar-refractivity contribution < 1.29 is 18.0 Å². The highest BCUT2D eigenvalue weighted by Gasteiger charge is 2.31. The van der Waals surface area contributed by atoms with Crippen LogP contribution >= 0.6 is 0 Å². The SMILES string of the molecule is CCn1cc(C(=O)Nc2cc(C)cc(C)c2)c(=O)c2cc(C(F)(F)F)ccc21. The molecule has 0 aliphatic carbocycles. The van der Waals surface area contributed by atoms with E-state index in [1.54, 1.807) is 23.6 Å². The van der Waals surface area contributed by atoms with Gasteiger partial charge in [0.05, 0.1) is 11.1 Å². The Morgan fingerprint density at radius 2 is 1.71 bits per heavy atom. The maximum absolute atomic E-state index is 13.1. The summed E-state index contributed by atoms with van der Waals surface area (Å²) in [5.74, 6) is -0.656. The lowest BCUT2D eigenvalue weighted by Gasteiger charge is -2.14. The highest BCUT2D eigenvalue weighted by Crippen LogP contribution is 2.31. The highest BCUT2D eigenvalue weighted by atomic mass is 19.4. The second-order valence-electron chi connectivity index (χ2n) is 6.72. The van der Waals surface area contributed by atoms with E-state index in [1.165, 1.54) is 12.3 Å². The van der Waals surface area contributed by atoms with Crippen LogP contribution in [0.5, 0.6) is 0 Å². The number of amides is 1. The van der Waals surface area contributed by atoms with Crippen molar-refractivity contribution in [1.29, 1.82) is 0 Å². The van der Waals surface area contributed by atoms with Gasteiger partial charge < -0.3 is 9.88 Å². The third-order valence-corrected chi connectivity index (χ3v) is 4.47. The van der Waals surface area contributed by atoms with E-state index in [0.29, 0.717) is 17.7 Å². The Bertz CT molecular complexity index is 1110. The largest absolute Gasteiger partial charge is 0.416 e. The van der Waals surface area contributed by atoms with Gasteiger partial charge in [-0.15, -0.1) is 0 Å². The number of aromatic nitrogens is 1. The summed E-state index contributed by atoms with van der Waals surface area (Å²) in [6, 6.07) is 8.45. The Kier molecular flexibility index (Phi) is 5.02. The van der Waals surface area contributed by atoms with Gasteiger partial charge in [0, 0.05) is 23.8 Å².